The zero-order chi connectivity index (χ0) is 24.8. The first kappa shape index (κ1) is 23.8. The number of rotatable bonds is 8. The monoisotopic (exact) mass is 490 g/mol. The molecule has 0 spiro atoms. The van der Waals surface area contributed by atoms with Crippen LogP contribution in [0.15, 0.2) is 79.0 Å². The Morgan fingerprint density at radius 2 is 1.71 bits per heavy atom. The highest BCUT2D eigenvalue weighted by atomic mass is 35.5. The van der Waals surface area contributed by atoms with Gasteiger partial charge in [-0.05, 0) is 48.5 Å². The molecule has 3 aromatic carbocycles. The number of amides is 2. The van der Waals surface area contributed by atoms with Crippen molar-refractivity contribution < 1.29 is 19.1 Å². The first-order valence-corrected chi connectivity index (χ1v) is 11.1. The summed E-state index contributed by atoms with van der Waals surface area (Å²) in [5.41, 5.74) is 2.66. The third-order valence-electron chi connectivity index (χ3n) is 5.18. The number of para-hydroxylation sites is 1. The molecule has 4 aromatic rings. The van der Waals surface area contributed by atoms with Crippen LogP contribution >= 0.6 is 11.6 Å². The van der Waals surface area contributed by atoms with Crippen LogP contribution in [0, 0.1) is 0 Å². The summed E-state index contributed by atoms with van der Waals surface area (Å²) in [5.74, 6) is 0.279. The molecule has 1 aromatic heterocycles. The lowest BCUT2D eigenvalue weighted by molar-refractivity contribution is -0.115. The average molecular weight is 491 g/mol. The molecular weight excluding hydrogens is 468 g/mol. The first-order valence-electron chi connectivity index (χ1n) is 10.7. The van der Waals surface area contributed by atoms with Gasteiger partial charge in [0.2, 0.25) is 5.91 Å². The van der Waals surface area contributed by atoms with E-state index in [9.17, 15) is 9.59 Å². The number of carbonyl (C=O) groups is 2. The Kier molecular flexibility index (Phi) is 7.32. The van der Waals surface area contributed by atoms with Crippen molar-refractivity contribution in [2.75, 3.05) is 26.1 Å². The van der Waals surface area contributed by atoms with E-state index < -0.39 is 5.91 Å². The SMILES string of the molecule is COc1ccc(-c2nn(-c3ccccc3)cc2C(=O)NCC(=O)Nc2ccc(Cl)cc2)c(OC)c1. The van der Waals surface area contributed by atoms with Crippen LogP contribution in [-0.4, -0.2) is 42.4 Å². The maximum absolute atomic E-state index is 13.2. The molecule has 9 heteroatoms. The minimum absolute atomic E-state index is 0.225. The van der Waals surface area contributed by atoms with Crippen LogP contribution in [-0.2, 0) is 4.79 Å². The van der Waals surface area contributed by atoms with E-state index in [2.05, 4.69) is 15.7 Å². The van der Waals surface area contributed by atoms with Crippen molar-refractivity contribution in [3.8, 4) is 28.4 Å². The number of hydrogen-bond acceptors (Lipinski definition) is 5. The minimum atomic E-state index is -0.452. The quantitative estimate of drug-likeness (QED) is 0.377. The van der Waals surface area contributed by atoms with Gasteiger partial charge in [0.05, 0.1) is 32.0 Å². The van der Waals surface area contributed by atoms with E-state index in [4.69, 9.17) is 21.1 Å². The maximum atomic E-state index is 13.2. The van der Waals surface area contributed by atoms with Crippen molar-refractivity contribution in [3.63, 3.8) is 0 Å². The van der Waals surface area contributed by atoms with Gasteiger partial charge in [-0.3, -0.25) is 9.59 Å². The van der Waals surface area contributed by atoms with E-state index in [1.165, 1.54) is 7.11 Å². The van der Waals surface area contributed by atoms with E-state index in [1.54, 1.807) is 60.5 Å². The van der Waals surface area contributed by atoms with Crippen LogP contribution in [0.3, 0.4) is 0 Å². The summed E-state index contributed by atoms with van der Waals surface area (Å²) in [6.07, 6.45) is 1.63. The van der Waals surface area contributed by atoms with Crippen LogP contribution in [0.25, 0.3) is 16.9 Å². The fourth-order valence-corrected chi connectivity index (χ4v) is 3.57. The first-order chi connectivity index (χ1) is 17.0. The number of aromatic nitrogens is 2. The molecular formula is C26H23ClN4O4. The zero-order valence-corrected chi connectivity index (χ0v) is 19.9. The lowest BCUT2D eigenvalue weighted by atomic mass is 10.1. The molecule has 4 rings (SSSR count). The number of ether oxygens (including phenoxy) is 2. The molecule has 0 radical (unpaired) electrons. The van der Waals surface area contributed by atoms with Gasteiger partial charge in [-0.1, -0.05) is 29.8 Å². The van der Waals surface area contributed by atoms with Crippen LogP contribution in [0.1, 0.15) is 10.4 Å². The highest BCUT2D eigenvalue weighted by molar-refractivity contribution is 6.30. The normalized spacial score (nSPS) is 10.5. The number of nitrogens with zero attached hydrogens (tertiary/aromatic N) is 2. The Hall–Kier alpha value is -4.30. The van der Waals surface area contributed by atoms with Crippen LogP contribution in [0.4, 0.5) is 5.69 Å². The predicted octanol–water partition coefficient (Wildman–Crippen LogP) is 4.58. The third kappa shape index (κ3) is 5.62. The standard InChI is InChI=1S/C26H23ClN4O4/c1-34-20-12-13-21(23(14-20)35-2)25-22(16-31(30-25)19-6-4-3-5-7-19)26(33)28-15-24(32)29-18-10-8-17(27)9-11-18/h3-14,16H,15H2,1-2H3,(H,28,33)(H,29,32). The summed E-state index contributed by atoms with van der Waals surface area (Å²) in [6, 6.07) is 21.4. The molecule has 0 atom stereocenters. The third-order valence-corrected chi connectivity index (χ3v) is 5.43. The van der Waals surface area contributed by atoms with Gasteiger partial charge in [-0.15, -0.1) is 0 Å². The number of halogens is 1. The average Bonchev–Trinajstić information content (AvgIpc) is 3.34. The van der Waals surface area contributed by atoms with Gasteiger partial charge in [0.25, 0.3) is 5.91 Å². The Morgan fingerprint density at radius 3 is 2.40 bits per heavy atom. The molecule has 8 nitrogen and oxygen atoms in total. The van der Waals surface area contributed by atoms with Crippen molar-refractivity contribution in [2.45, 2.75) is 0 Å². The Bertz CT molecular complexity index is 1340. The molecule has 0 saturated carbocycles. The Balaban J connectivity index is 1.61. The van der Waals surface area contributed by atoms with Gasteiger partial charge in [0.1, 0.15) is 17.2 Å². The van der Waals surface area contributed by atoms with Crippen molar-refractivity contribution >= 4 is 29.1 Å². The van der Waals surface area contributed by atoms with E-state index in [-0.39, 0.29) is 18.0 Å². The van der Waals surface area contributed by atoms with Crippen molar-refractivity contribution in [1.82, 2.24) is 15.1 Å². The predicted molar refractivity (Wildman–Crippen MR) is 135 cm³/mol. The van der Waals surface area contributed by atoms with Crippen LogP contribution in [0.2, 0.25) is 5.02 Å². The molecule has 0 fully saturated rings. The molecule has 0 aliphatic heterocycles. The molecule has 0 unspecified atom stereocenters. The number of methoxy groups -OCH3 is 2. The topological polar surface area (TPSA) is 94.5 Å². The smallest absolute Gasteiger partial charge is 0.255 e. The molecule has 178 valence electrons. The molecule has 2 amide bonds. The number of carbonyl (C=O) groups excluding carboxylic acids is 2. The highest BCUT2D eigenvalue weighted by Crippen LogP contribution is 2.34. The molecule has 2 N–H and O–H groups in total. The highest BCUT2D eigenvalue weighted by Gasteiger charge is 2.22. The van der Waals surface area contributed by atoms with Gasteiger partial charge in [-0.25, -0.2) is 4.68 Å². The van der Waals surface area contributed by atoms with Gasteiger partial charge in [-0.2, -0.15) is 5.10 Å². The Labute approximate surface area is 207 Å². The number of benzene rings is 3. The summed E-state index contributed by atoms with van der Waals surface area (Å²) in [5, 5.41) is 10.6. The number of hydrogen-bond donors (Lipinski definition) is 2. The van der Waals surface area contributed by atoms with E-state index in [0.29, 0.717) is 33.5 Å². The van der Waals surface area contributed by atoms with Crippen LogP contribution < -0.4 is 20.1 Å². The zero-order valence-electron chi connectivity index (χ0n) is 19.1. The largest absolute Gasteiger partial charge is 0.497 e. The number of nitrogens with one attached hydrogen (secondary N) is 2. The minimum Gasteiger partial charge on any atom is -0.497 e. The van der Waals surface area contributed by atoms with E-state index >= 15 is 0 Å². The summed E-state index contributed by atoms with van der Waals surface area (Å²) in [6.45, 7) is -0.225. The second-order valence-electron chi connectivity index (χ2n) is 7.48. The number of anilines is 1. The summed E-state index contributed by atoms with van der Waals surface area (Å²) < 4.78 is 12.4. The molecule has 0 saturated heterocycles. The summed E-state index contributed by atoms with van der Waals surface area (Å²) in [7, 11) is 3.10. The molecule has 0 bridgehead atoms. The molecule has 1 heterocycles. The van der Waals surface area contributed by atoms with Crippen molar-refractivity contribution in [1.29, 1.82) is 0 Å². The van der Waals surface area contributed by atoms with Gasteiger partial charge in [0, 0.05) is 28.5 Å². The van der Waals surface area contributed by atoms with Gasteiger partial charge < -0.3 is 20.1 Å². The second-order valence-corrected chi connectivity index (χ2v) is 7.91. The summed E-state index contributed by atoms with van der Waals surface area (Å²) in [4.78, 5) is 25.6. The van der Waals surface area contributed by atoms with E-state index in [1.807, 2.05) is 30.3 Å². The summed E-state index contributed by atoms with van der Waals surface area (Å²) >= 11 is 5.88. The van der Waals surface area contributed by atoms with Crippen molar-refractivity contribution in [2.24, 2.45) is 0 Å². The van der Waals surface area contributed by atoms with Crippen molar-refractivity contribution in [3.05, 3.63) is 89.6 Å². The lowest BCUT2D eigenvalue weighted by Gasteiger charge is -2.10. The van der Waals surface area contributed by atoms with Gasteiger partial charge >= 0.3 is 0 Å². The maximum Gasteiger partial charge on any atom is 0.255 e. The molecule has 0 aliphatic rings. The van der Waals surface area contributed by atoms with E-state index in [0.717, 1.165) is 5.69 Å². The fourth-order valence-electron chi connectivity index (χ4n) is 3.44. The lowest BCUT2D eigenvalue weighted by Crippen LogP contribution is -2.33. The molecule has 35 heavy (non-hydrogen) atoms. The fraction of sp³-hybridized carbons (Fsp3) is 0.115. The van der Waals surface area contributed by atoms with Crippen LogP contribution in [0.5, 0.6) is 11.5 Å². The second kappa shape index (κ2) is 10.8. The Morgan fingerprint density at radius 1 is 0.971 bits per heavy atom. The van der Waals surface area contributed by atoms with Gasteiger partial charge in [0.15, 0.2) is 0 Å². The molecule has 0 aliphatic carbocycles.